The Morgan fingerprint density at radius 2 is 2.17 bits per heavy atom. The second kappa shape index (κ2) is 6.73. The van der Waals surface area contributed by atoms with Gasteiger partial charge in [-0.2, -0.15) is 0 Å². The Morgan fingerprint density at radius 3 is 2.83 bits per heavy atom. The van der Waals surface area contributed by atoms with Gasteiger partial charge in [-0.1, -0.05) is 0 Å². The van der Waals surface area contributed by atoms with Crippen LogP contribution in [0.4, 0.5) is 0 Å². The van der Waals surface area contributed by atoms with Crippen molar-refractivity contribution in [2.24, 2.45) is 13.0 Å². The van der Waals surface area contributed by atoms with E-state index in [1.165, 1.54) is 0 Å². The van der Waals surface area contributed by atoms with Crippen LogP contribution in [0, 0.1) is 19.8 Å². The predicted molar refractivity (Wildman–Crippen MR) is 90.5 cm³/mol. The number of carbonyl (C=O) groups is 1. The van der Waals surface area contributed by atoms with Crippen LogP contribution in [-0.4, -0.2) is 43.5 Å². The van der Waals surface area contributed by atoms with Crippen LogP contribution >= 0.6 is 0 Å². The number of aryl methyl sites for hydroxylation is 3. The highest BCUT2D eigenvalue weighted by Crippen LogP contribution is 2.29. The number of imidazole rings is 1. The van der Waals surface area contributed by atoms with Gasteiger partial charge in [-0.15, -0.1) is 0 Å². The maximum absolute atomic E-state index is 12.8. The van der Waals surface area contributed by atoms with Crippen molar-refractivity contribution < 1.29 is 9.90 Å². The summed E-state index contributed by atoms with van der Waals surface area (Å²) in [4.78, 5) is 23.3. The predicted octanol–water partition coefficient (Wildman–Crippen LogP) is 2.02. The summed E-state index contributed by atoms with van der Waals surface area (Å²) in [5.74, 6) is 0.654. The lowest BCUT2D eigenvalue weighted by molar-refractivity contribution is 0.0357. The number of aromatic nitrogens is 3. The Bertz CT molecular complexity index is 740. The van der Waals surface area contributed by atoms with E-state index in [0.29, 0.717) is 17.9 Å². The molecule has 3 heterocycles. The number of nitrogens with zero attached hydrogens (tertiary/aromatic N) is 4. The van der Waals surface area contributed by atoms with Gasteiger partial charge < -0.3 is 14.6 Å². The summed E-state index contributed by atoms with van der Waals surface area (Å²) in [7, 11) is 1.87. The Hall–Kier alpha value is -2.21. The molecule has 2 aromatic heterocycles. The van der Waals surface area contributed by atoms with Crippen molar-refractivity contribution in [3.63, 3.8) is 0 Å². The van der Waals surface area contributed by atoms with E-state index in [9.17, 15) is 9.90 Å². The molecule has 1 fully saturated rings. The van der Waals surface area contributed by atoms with Gasteiger partial charge in [-0.25, -0.2) is 4.98 Å². The quantitative estimate of drug-likeness (QED) is 0.936. The van der Waals surface area contributed by atoms with E-state index in [-0.39, 0.29) is 11.8 Å². The minimum atomic E-state index is -0.655. The molecular weight excluding hydrogens is 304 g/mol. The van der Waals surface area contributed by atoms with Crippen molar-refractivity contribution in [1.29, 1.82) is 0 Å². The van der Waals surface area contributed by atoms with Gasteiger partial charge >= 0.3 is 0 Å². The standard InChI is InChI=1S/C18H24N4O2/c1-12-6-7-15(13(2)20-12)18(24)22-9-4-5-14(11-22)16(23)17-19-8-10-21(17)3/h6-8,10,14,16,23H,4-5,9,11H2,1-3H3. The molecule has 2 atom stereocenters. The van der Waals surface area contributed by atoms with Crippen LogP contribution in [0.5, 0.6) is 0 Å². The first-order valence-corrected chi connectivity index (χ1v) is 8.36. The van der Waals surface area contributed by atoms with Crippen molar-refractivity contribution in [3.05, 3.63) is 47.3 Å². The molecule has 0 aromatic carbocycles. The minimum Gasteiger partial charge on any atom is -0.385 e. The number of aliphatic hydroxyl groups is 1. The maximum Gasteiger partial charge on any atom is 0.255 e. The molecule has 1 amide bonds. The first-order valence-electron chi connectivity index (χ1n) is 8.36. The third-order valence-electron chi connectivity index (χ3n) is 4.77. The van der Waals surface area contributed by atoms with Crippen molar-refractivity contribution in [2.45, 2.75) is 32.8 Å². The van der Waals surface area contributed by atoms with E-state index in [4.69, 9.17) is 0 Å². The summed E-state index contributed by atoms with van der Waals surface area (Å²) in [6.07, 6.45) is 4.63. The summed E-state index contributed by atoms with van der Waals surface area (Å²) in [6.45, 7) is 5.04. The number of rotatable bonds is 3. The van der Waals surface area contributed by atoms with E-state index < -0.39 is 6.10 Å². The third kappa shape index (κ3) is 3.19. The molecular formula is C18H24N4O2. The van der Waals surface area contributed by atoms with Crippen LogP contribution < -0.4 is 0 Å². The SMILES string of the molecule is Cc1ccc(C(=O)N2CCCC(C(O)c3nccn3C)C2)c(C)n1. The van der Waals surface area contributed by atoms with Crippen LogP contribution in [0.15, 0.2) is 24.5 Å². The fourth-order valence-electron chi connectivity index (χ4n) is 3.41. The smallest absolute Gasteiger partial charge is 0.255 e. The number of piperidine rings is 1. The Morgan fingerprint density at radius 1 is 1.38 bits per heavy atom. The topological polar surface area (TPSA) is 71.2 Å². The molecule has 1 aliphatic rings. The zero-order chi connectivity index (χ0) is 17.3. The maximum atomic E-state index is 12.8. The lowest BCUT2D eigenvalue weighted by Gasteiger charge is -2.35. The number of hydrogen-bond acceptors (Lipinski definition) is 4. The molecule has 3 rings (SSSR count). The molecule has 0 saturated carbocycles. The molecule has 0 bridgehead atoms. The average Bonchev–Trinajstić information content (AvgIpc) is 3.00. The summed E-state index contributed by atoms with van der Waals surface area (Å²) < 4.78 is 1.83. The molecule has 128 valence electrons. The molecule has 6 heteroatoms. The van der Waals surface area contributed by atoms with Gasteiger partial charge in [0.2, 0.25) is 0 Å². The second-order valence-electron chi connectivity index (χ2n) is 6.58. The van der Waals surface area contributed by atoms with Gasteiger partial charge in [-0.3, -0.25) is 9.78 Å². The fraction of sp³-hybridized carbons (Fsp3) is 0.500. The zero-order valence-electron chi connectivity index (χ0n) is 14.4. The van der Waals surface area contributed by atoms with E-state index in [0.717, 1.165) is 30.8 Å². The Kier molecular flexibility index (Phi) is 4.66. The third-order valence-corrected chi connectivity index (χ3v) is 4.77. The van der Waals surface area contributed by atoms with Crippen LogP contribution in [-0.2, 0) is 7.05 Å². The first-order chi connectivity index (χ1) is 11.5. The van der Waals surface area contributed by atoms with Crippen molar-refractivity contribution >= 4 is 5.91 Å². The first kappa shape index (κ1) is 16.6. The molecule has 1 N–H and O–H groups in total. The van der Waals surface area contributed by atoms with E-state index in [1.54, 1.807) is 6.20 Å². The van der Waals surface area contributed by atoms with Crippen molar-refractivity contribution in [1.82, 2.24) is 19.4 Å². The molecule has 0 spiro atoms. The molecule has 2 aromatic rings. The molecule has 1 saturated heterocycles. The highest BCUT2D eigenvalue weighted by Gasteiger charge is 2.31. The molecule has 0 aliphatic carbocycles. The Labute approximate surface area is 142 Å². The number of hydrogen-bond donors (Lipinski definition) is 1. The highest BCUT2D eigenvalue weighted by atomic mass is 16.3. The summed E-state index contributed by atoms with van der Waals surface area (Å²) >= 11 is 0. The van der Waals surface area contributed by atoms with Crippen LogP contribution in [0.2, 0.25) is 0 Å². The van der Waals surface area contributed by atoms with Crippen molar-refractivity contribution in [3.8, 4) is 0 Å². The minimum absolute atomic E-state index is 0.00233. The number of pyridine rings is 1. The molecule has 1 aliphatic heterocycles. The number of amides is 1. The molecule has 24 heavy (non-hydrogen) atoms. The van der Waals surface area contributed by atoms with Gasteiger partial charge in [-0.05, 0) is 38.8 Å². The summed E-state index contributed by atoms with van der Waals surface area (Å²) in [5, 5.41) is 10.6. The van der Waals surface area contributed by atoms with Crippen LogP contribution in [0.3, 0.4) is 0 Å². The van der Waals surface area contributed by atoms with Gasteiger partial charge in [0.25, 0.3) is 5.91 Å². The largest absolute Gasteiger partial charge is 0.385 e. The zero-order valence-corrected chi connectivity index (χ0v) is 14.4. The average molecular weight is 328 g/mol. The molecule has 6 nitrogen and oxygen atoms in total. The second-order valence-corrected chi connectivity index (χ2v) is 6.58. The normalized spacial score (nSPS) is 19.3. The highest BCUT2D eigenvalue weighted by molar-refractivity contribution is 5.95. The van der Waals surface area contributed by atoms with E-state index in [1.807, 2.05) is 48.7 Å². The van der Waals surface area contributed by atoms with Gasteiger partial charge in [0, 0.05) is 44.1 Å². The Balaban J connectivity index is 1.75. The van der Waals surface area contributed by atoms with Crippen LogP contribution in [0.1, 0.15) is 46.5 Å². The monoisotopic (exact) mass is 328 g/mol. The number of likely N-dealkylation sites (tertiary alicyclic amines) is 1. The van der Waals surface area contributed by atoms with E-state index >= 15 is 0 Å². The molecule has 0 radical (unpaired) electrons. The van der Waals surface area contributed by atoms with Crippen molar-refractivity contribution in [2.75, 3.05) is 13.1 Å². The van der Waals surface area contributed by atoms with Gasteiger partial charge in [0.1, 0.15) is 11.9 Å². The van der Waals surface area contributed by atoms with Crippen LogP contribution in [0.25, 0.3) is 0 Å². The van der Waals surface area contributed by atoms with Gasteiger partial charge in [0.05, 0.1) is 11.3 Å². The summed E-state index contributed by atoms with van der Waals surface area (Å²) in [5.41, 5.74) is 2.31. The number of carbonyl (C=O) groups excluding carboxylic acids is 1. The number of aliphatic hydroxyl groups excluding tert-OH is 1. The summed E-state index contributed by atoms with van der Waals surface area (Å²) in [6, 6.07) is 3.71. The lowest BCUT2D eigenvalue weighted by atomic mass is 9.91. The molecule has 2 unspecified atom stereocenters. The van der Waals surface area contributed by atoms with Gasteiger partial charge in [0.15, 0.2) is 0 Å². The lowest BCUT2D eigenvalue weighted by Crippen LogP contribution is -2.42. The van der Waals surface area contributed by atoms with E-state index in [2.05, 4.69) is 9.97 Å². The fourth-order valence-corrected chi connectivity index (χ4v) is 3.41.